The molecule has 1 aromatic heterocycles. The summed E-state index contributed by atoms with van der Waals surface area (Å²) in [4.78, 5) is 4.13. The molecule has 0 aliphatic carbocycles. The van der Waals surface area contributed by atoms with Gasteiger partial charge in [-0.25, -0.2) is 23.7 Å². The molecule has 2 aromatic rings. The molecule has 1 aliphatic heterocycles. The summed E-state index contributed by atoms with van der Waals surface area (Å²) < 4.78 is 45.8. The van der Waals surface area contributed by atoms with E-state index in [1.165, 1.54) is 0 Å². The van der Waals surface area contributed by atoms with Crippen molar-refractivity contribution < 1.29 is 33.2 Å². The van der Waals surface area contributed by atoms with Crippen LogP contribution in [-0.4, -0.2) is 56.7 Å². The highest BCUT2D eigenvalue weighted by atomic mass is 32.2. The number of hydrogen-bond donors (Lipinski definition) is 5. The number of thioether (sulfide) groups is 1. The maximum atomic E-state index is 13.5. The zero-order valence-electron chi connectivity index (χ0n) is 15.8. The van der Waals surface area contributed by atoms with E-state index in [4.69, 9.17) is 10.3 Å². The molecule has 0 amide bonds. The van der Waals surface area contributed by atoms with Crippen molar-refractivity contribution in [3.8, 4) is 0 Å². The van der Waals surface area contributed by atoms with Crippen LogP contribution in [0.2, 0.25) is 0 Å². The number of benzene rings is 1. The van der Waals surface area contributed by atoms with Crippen molar-refractivity contribution in [3.05, 3.63) is 65.7 Å². The average Bonchev–Trinajstić information content (AvgIpc) is 2.77. The Morgan fingerprint density at radius 1 is 1.23 bits per heavy atom. The number of nitrogens with zero attached hydrogens (tertiary/aromatic N) is 2. The Kier molecular flexibility index (Phi) is 7.62. The molecule has 5 atom stereocenters. The van der Waals surface area contributed by atoms with Crippen LogP contribution in [0.4, 0.5) is 13.2 Å². The minimum Gasteiger partial charge on any atom is -0.394 e. The van der Waals surface area contributed by atoms with Crippen molar-refractivity contribution in [2.24, 2.45) is 5.11 Å². The molecule has 0 bridgehead atoms. The molecule has 0 spiro atoms. The second-order valence-electron chi connectivity index (χ2n) is 6.58. The second kappa shape index (κ2) is 10.2. The third-order valence-electron chi connectivity index (χ3n) is 4.57. The number of nitrogens with one attached hydrogen (secondary N) is 2. The number of pyridine rings is 1. The van der Waals surface area contributed by atoms with Crippen molar-refractivity contribution in [1.82, 2.24) is 10.3 Å². The van der Waals surface area contributed by atoms with Crippen LogP contribution >= 0.6 is 11.8 Å². The van der Waals surface area contributed by atoms with Crippen LogP contribution < -0.4 is 5.32 Å². The van der Waals surface area contributed by atoms with Gasteiger partial charge in [0.15, 0.2) is 17.5 Å². The van der Waals surface area contributed by atoms with Crippen LogP contribution in [0.1, 0.15) is 5.56 Å². The Bertz CT molecular complexity index is 930. The van der Waals surface area contributed by atoms with Crippen molar-refractivity contribution in [3.63, 3.8) is 0 Å². The van der Waals surface area contributed by atoms with Crippen LogP contribution in [0, 0.1) is 23.0 Å². The zero-order chi connectivity index (χ0) is 22.5. The monoisotopic (exact) mass is 456 g/mol. The van der Waals surface area contributed by atoms with E-state index in [1.54, 1.807) is 24.4 Å². The molecular weight excluding hydrogens is 437 g/mol. The van der Waals surface area contributed by atoms with Crippen molar-refractivity contribution in [2.75, 3.05) is 6.61 Å². The van der Waals surface area contributed by atoms with Crippen LogP contribution in [0.25, 0.3) is 5.70 Å². The van der Waals surface area contributed by atoms with Gasteiger partial charge in [-0.15, -0.1) is 0 Å². The van der Waals surface area contributed by atoms with E-state index in [0.717, 1.165) is 18.0 Å². The van der Waals surface area contributed by atoms with Gasteiger partial charge in [-0.3, -0.25) is 0 Å². The van der Waals surface area contributed by atoms with Gasteiger partial charge in [0.1, 0.15) is 29.4 Å². The van der Waals surface area contributed by atoms with Crippen molar-refractivity contribution in [1.29, 1.82) is 5.53 Å². The summed E-state index contributed by atoms with van der Waals surface area (Å²) >= 11 is 1.07. The number of hydrogen-bond acceptors (Lipinski definition) is 9. The summed E-state index contributed by atoms with van der Waals surface area (Å²) in [5, 5.41) is 37.1. The number of halogens is 3. The molecule has 0 radical (unpaired) electrons. The Labute approximate surface area is 179 Å². The smallest absolute Gasteiger partial charge is 0.194 e. The summed E-state index contributed by atoms with van der Waals surface area (Å²) in [6.45, 7) is -0.543. The minimum atomic E-state index is -1.66. The first-order valence-corrected chi connectivity index (χ1v) is 9.92. The normalized spacial score (nSPS) is 26.5. The molecule has 1 aromatic carbocycles. The first-order chi connectivity index (χ1) is 14.8. The van der Waals surface area contributed by atoms with Gasteiger partial charge in [-0.1, -0.05) is 17.8 Å². The lowest BCUT2D eigenvalue weighted by Crippen LogP contribution is -2.62. The maximum absolute atomic E-state index is 13.5. The molecule has 2 heterocycles. The molecule has 3 unspecified atom stereocenters. The number of aromatic nitrogens is 1. The highest BCUT2D eigenvalue weighted by Gasteiger charge is 2.44. The summed E-state index contributed by atoms with van der Waals surface area (Å²) in [5.74, 6) is -4.57. The lowest BCUT2D eigenvalue weighted by atomic mass is 9.97. The van der Waals surface area contributed by atoms with Gasteiger partial charge in [0.05, 0.1) is 17.7 Å². The molecule has 12 heteroatoms. The topological polar surface area (TPSA) is 131 Å². The van der Waals surface area contributed by atoms with Crippen molar-refractivity contribution in [2.45, 2.75) is 34.8 Å². The van der Waals surface area contributed by atoms with Gasteiger partial charge < -0.3 is 25.4 Å². The SMILES string of the molecule is N=N/C(=C\NC1C(O)[C@@H](Sc2ccccn2)OC(CO)[C@@H]1O)c1cc(F)c(F)c(F)c1. The first kappa shape index (κ1) is 23.2. The zero-order valence-corrected chi connectivity index (χ0v) is 16.6. The Morgan fingerprint density at radius 3 is 2.52 bits per heavy atom. The largest absolute Gasteiger partial charge is 0.394 e. The third-order valence-corrected chi connectivity index (χ3v) is 5.68. The lowest BCUT2D eigenvalue weighted by Gasteiger charge is -2.42. The highest BCUT2D eigenvalue weighted by molar-refractivity contribution is 7.99. The molecule has 166 valence electrons. The van der Waals surface area contributed by atoms with Crippen molar-refractivity contribution >= 4 is 17.5 Å². The maximum Gasteiger partial charge on any atom is 0.194 e. The van der Waals surface area contributed by atoms with Crippen LogP contribution in [-0.2, 0) is 4.74 Å². The Hall–Kier alpha value is -2.51. The van der Waals surface area contributed by atoms with Gasteiger partial charge in [-0.2, -0.15) is 5.11 Å². The predicted molar refractivity (Wildman–Crippen MR) is 104 cm³/mol. The van der Waals surface area contributed by atoms with E-state index in [0.29, 0.717) is 17.2 Å². The highest BCUT2D eigenvalue weighted by Crippen LogP contribution is 2.32. The molecule has 8 nitrogen and oxygen atoms in total. The molecule has 31 heavy (non-hydrogen) atoms. The van der Waals surface area contributed by atoms with E-state index in [-0.39, 0.29) is 11.3 Å². The van der Waals surface area contributed by atoms with E-state index >= 15 is 0 Å². The van der Waals surface area contributed by atoms with Gasteiger partial charge in [-0.05, 0) is 24.3 Å². The molecule has 0 saturated carbocycles. The number of aliphatic hydroxyl groups excluding tert-OH is 3. The molecule has 3 rings (SSSR count). The molecule has 1 fully saturated rings. The van der Waals surface area contributed by atoms with E-state index < -0.39 is 53.8 Å². The number of rotatable bonds is 7. The van der Waals surface area contributed by atoms with Crippen LogP contribution in [0.5, 0.6) is 0 Å². The quantitative estimate of drug-likeness (QED) is 0.318. The molecular formula is C19H19F3N4O4S. The number of aliphatic hydroxyl groups is 3. The first-order valence-electron chi connectivity index (χ1n) is 9.04. The fourth-order valence-electron chi connectivity index (χ4n) is 2.98. The molecule has 5 N–H and O–H groups in total. The van der Waals surface area contributed by atoms with Gasteiger partial charge >= 0.3 is 0 Å². The van der Waals surface area contributed by atoms with Gasteiger partial charge in [0.25, 0.3) is 0 Å². The molecule has 1 aliphatic rings. The van der Waals surface area contributed by atoms with Crippen LogP contribution in [0.3, 0.4) is 0 Å². The fraction of sp³-hybridized carbons (Fsp3) is 0.316. The van der Waals surface area contributed by atoms with E-state index in [2.05, 4.69) is 15.4 Å². The Balaban J connectivity index is 1.83. The number of ether oxygens (including phenoxy) is 1. The van der Waals surface area contributed by atoms with Gasteiger partial charge in [0.2, 0.25) is 0 Å². The van der Waals surface area contributed by atoms with Crippen LogP contribution in [0.15, 0.2) is 52.9 Å². The summed E-state index contributed by atoms with van der Waals surface area (Å²) in [6.07, 6.45) is -1.12. The summed E-state index contributed by atoms with van der Waals surface area (Å²) in [6, 6.07) is 5.37. The van der Waals surface area contributed by atoms with Gasteiger partial charge in [0, 0.05) is 18.0 Å². The summed E-state index contributed by atoms with van der Waals surface area (Å²) in [5.41, 5.74) is 5.82. The second-order valence-corrected chi connectivity index (χ2v) is 7.70. The van der Waals surface area contributed by atoms with E-state index in [1.807, 2.05) is 0 Å². The Morgan fingerprint density at radius 2 is 1.94 bits per heavy atom. The lowest BCUT2D eigenvalue weighted by molar-refractivity contribution is -0.164. The fourth-order valence-corrected chi connectivity index (χ4v) is 4.00. The van der Waals surface area contributed by atoms with E-state index in [9.17, 15) is 28.5 Å². The molecule has 1 saturated heterocycles. The summed E-state index contributed by atoms with van der Waals surface area (Å²) in [7, 11) is 0. The standard InChI is InChI=1S/C19H19F3N4O4S/c20-10-5-9(6-11(21)15(10)22)12(26-23)7-25-16-17(28)13(8-27)30-19(18(16)29)31-14-3-1-2-4-24-14/h1-7,13,16-19,23,25,27-29H,8H2/b12-7-,26-23?/t13?,16?,17-,18?,19+/m0/s1. The third kappa shape index (κ3) is 5.22. The predicted octanol–water partition coefficient (Wildman–Crippen LogP) is 2.02. The minimum absolute atomic E-state index is 0.229. The average molecular weight is 456 g/mol.